The second-order valence-corrected chi connectivity index (χ2v) is 8.58. The van der Waals surface area contributed by atoms with Gasteiger partial charge in [-0.15, -0.1) is 0 Å². The van der Waals surface area contributed by atoms with E-state index in [1.54, 1.807) is 18.2 Å². The average Bonchev–Trinajstić information content (AvgIpc) is 3.30. The van der Waals surface area contributed by atoms with Crippen molar-refractivity contribution in [2.24, 2.45) is 0 Å². The molecule has 2 aliphatic rings. The molecule has 2 aliphatic heterocycles. The van der Waals surface area contributed by atoms with Gasteiger partial charge in [0.1, 0.15) is 11.7 Å². The van der Waals surface area contributed by atoms with Gasteiger partial charge in [0.05, 0.1) is 0 Å². The number of fused-ring (bicyclic) bond motifs is 2. The van der Waals surface area contributed by atoms with Crippen molar-refractivity contribution in [1.29, 1.82) is 0 Å². The van der Waals surface area contributed by atoms with Gasteiger partial charge in [0.2, 0.25) is 11.8 Å². The highest BCUT2D eigenvalue weighted by Crippen LogP contribution is 2.30. The topological polar surface area (TPSA) is 111 Å². The van der Waals surface area contributed by atoms with Crippen molar-refractivity contribution in [3.63, 3.8) is 0 Å². The van der Waals surface area contributed by atoms with E-state index in [9.17, 15) is 19.2 Å². The van der Waals surface area contributed by atoms with Gasteiger partial charge < -0.3 is 15.2 Å². The first kappa shape index (κ1) is 20.9. The lowest BCUT2D eigenvalue weighted by Crippen LogP contribution is -2.52. The number of hydrogen-bond acceptors (Lipinski definition) is 4. The van der Waals surface area contributed by atoms with E-state index in [4.69, 9.17) is 0 Å². The second kappa shape index (κ2) is 7.88. The number of imide groups is 1. The van der Waals surface area contributed by atoms with Gasteiger partial charge in [-0.05, 0) is 66.8 Å². The zero-order valence-corrected chi connectivity index (χ0v) is 18.5. The van der Waals surface area contributed by atoms with Crippen LogP contribution in [0.2, 0.25) is 0 Å². The van der Waals surface area contributed by atoms with Crippen LogP contribution in [0.1, 0.15) is 57.3 Å². The Morgan fingerprint density at radius 2 is 1.97 bits per heavy atom. The fourth-order valence-electron chi connectivity index (χ4n) is 4.67. The lowest BCUT2D eigenvalue weighted by atomic mass is 10.0. The molecule has 0 saturated carbocycles. The molecule has 0 radical (unpaired) electrons. The summed E-state index contributed by atoms with van der Waals surface area (Å²) in [5, 5.41) is 6.25. The summed E-state index contributed by atoms with van der Waals surface area (Å²) >= 11 is 0. The molecule has 33 heavy (non-hydrogen) atoms. The Labute approximate surface area is 190 Å². The number of amides is 4. The Kier molecular flexibility index (Phi) is 5.00. The summed E-state index contributed by atoms with van der Waals surface area (Å²) < 4.78 is 0. The summed E-state index contributed by atoms with van der Waals surface area (Å²) in [7, 11) is 0. The van der Waals surface area contributed by atoms with E-state index < -0.39 is 11.9 Å². The third-order valence-corrected chi connectivity index (χ3v) is 6.54. The van der Waals surface area contributed by atoms with E-state index in [0.717, 1.165) is 28.5 Å². The highest BCUT2D eigenvalue weighted by Gasteiger charge is 2.39. The minimum absolute atomic E-state index is 0.210. The van der Waals surface area contributed by atoms with E-state index in [2.05, 4.69) is 28.6 Å². The Bertz CT molecular complexity index is 1340. The molecule has 5 rings (SSSR count). The van der Waals surface area contributed by atoms with Crippen LogP contribution in [0.4, 0.5) is 5.69 Å². The molecule has 168 valence electrons. The molecule has 3 aromatic rings. The average molecular weight is 444 g/mol. The maximum Gasteiger partial charge on any atom is 0.272 e. The number of carbonyl (C=O) groups excluding carboxylic acids is 4. The molecular weight excluding hydrogens is 420 g/mol. The first-order valence-corrected chi connectivity index (χ1v) is 11.1. The fourth-order valence-corrected chi connectivity index (χ4v) is 4.67. The second-order valence-electron chi connectivity index (χ2n) is 8.58. The number of rotatable bonds is 4. The number of nitrogens with zero attached hydrogens (tertiary/aromatic N) is 1. The highest BCUT2D eigenvalue weighted by molar-refractivity contribution is 6.09. The largest absolute Gasteiger partial charge is 0.350 e. The summed E-state index contributed by atoms with van der Waals surface area (Å²) in [5.74, 6) is -1.26. The molecule has 1 atom stereocenters. The Balaban J connectivity index is 1.36. The number of aromatic amines is 1. The van der Waals surface area contributed by atoms with Crippen molar-refractivity contribution in [3.05, 3.63) is 64.3 Å². The molecule has 0 spiro atoms. The summed E-state index contributed by atoms with van der Waals surface area (Å²) in [6.07, 6.45) is 1.45. The van der Waals surface area contributed by atoms with Crippen molar-refractivity contribution in [3.8, 4) is 0 Å². The van der Waals surface area contributed by atoms with Crippen LogP contribution < -0.4 is 10.6 Å². The molecule has 3 heterocycles. The lowest BCUT2D eigenvalue weighted by Gasteiger charge is -2.29. The third-order valence-electron chi connectivity index (χ3n) is 6.54. The lowest BCUT2D eigenvalue weighted by molar-refractivity contribution is -0.136. The third kappa shape index (κ3) is 3.57. The molecule has 1 fully saturated rings. The minimum Gasteiger partial charge on any atom is -0.350 e. The molecule has 2 aromatic carbocycles. The number of piperidine rings is 1. The molecule has 1 unspecified atom stereocenters. The summed E-state index contributed by atoms with van der Waals surface area (Å²) in [6.45, 7) is 4.28. The van der Waals surface area contributed by atoms with Crippen molar-refractivity contribution >= 4 is 40.2 Å². The van der Waals surface area contributed by atoms with E-state index in [1.807, 2.05) is 19.1 Å². The predicted octanol–water partition coefficient (Wildman–Crippen LogP) is 3.05. The van der Waals surface area contributed by atoms with Gasteiger partial charge in [-0.1, -0.05) is 13.0 Å². The van der Waals surface area contributed by atoms with Crippen LogP contribution >= 0.6 is 0 Å². The first-order valence-electron chi connectivity index (χ1n) is 11.1. The maximum absolute atomic E-state index is 13.0. The van der Waals surface area contributed by atoms with E-state index in [1.165, 1.54) is 10.5 Å². The van der Waals surface area contributed by atoms with Crippen LogP contribution in [0.15, 0.2) is 36.4 Å². The number of carbonyl (C=O) groups is 4. The van der Waals surface area contributed by atoms with Crippen molar-refractivity contribution in [1.82, 2.24) is 15.2 Å². The van der Waals surface area contributed by atoms with Crippen LogP contribution in [0.5, 0.6) is 0 Å². The molecule has 1 aromatic heterocycles. The number of anilines is 1. The number of H-pyrrole nitrogens is 1. The number of nitrogens with one attached hydrogen (secondary N) is 3. The van der Waals surface area contributed by atoms with E-state index >= 15 is 0 Å². The minimum atomic E-state index is -0.664. The van der Waals surface area contributed by atoms with Crippen molar-refractivity contribution in [2.45, 2.75) is 45.7 Å². The zero-order chi connectivity index (χ0) is 23.3. The quantitative estimate of drug-likeness (QED) is 0.537. The van der Waals surface area contributed by atoms with Crippen LogP contribution in [0, 0.1) is 6.92 Å². The van der Waals surface area contributed by atoms with Gasteiger partial charge in [-0.3, -0.25) is 24.5 Å². The number of aryl methyl sites for hydroxylation is 2. The molecular formula is C25H24N4O4. The standard InChI is InChI=1S/C25H24N4O4/c1-3-14-4-7-19-18(10-14)13(2)22(27-19)24(32)26-16-5-6-17-15(11-16)12-29(25(17)33)20-8-9-21(30)28-23(20)31/h4-7,10-11,20,27H,3,8-9,12H2,1-2H3,(H,26,32)(H,28,30,31). The SMILES string of the molecule is CCc1ccc2[nH]c(C(=O)Nc3ccc4c(c3)CN(C3CCC(=O)NC3=O)C4=O)c(C)c2c1. The molecule has 0 aliphatic carbocycles. The number of aromatic nitrogens is 1. The highest BCUT2D eigenvalue weighted by atomic mass is 16.2. The molecule has 0 bridgehead atoms. The zero-order valence-electron chi connectivity index (χ0n) is 18.5. The smallest absolute Gasteiger partial charge is 0.272 e. The van der Waals surface area contributed by atoms with Crippen molar-refractivity contribution in [2.75, 3.05) is 5.32 Å². The number of benzene rings is 2. The number of hydrogen-bond donors (Lipinski definition) is 3. The molecule has 8 heteroatoms. The van der Waals surface area contributed by atoms with Gasteiger partial charge in [-0.2, -0.15) is 0 Å². The van der Waals surface area contributed by atoms with Gasteiger partial charge >= 0.3 is 0 Å². The first-order chi connectivity index (χ1) is 15.9. The van der Waals surface area contributed by atoms with E-state index in [-0.39, 0.29) is 30.7 Å². The van der Waals surface area contributed by atoms with Crippen LogP contribution in [-0.2, 0) is 22.6 Å². The van der Waals surface area contributed by atoms with Crippen LogP contribution in [0.25, 0.3) is 10.9 Å². The van der Waals surface area contributed by atoms with E-state index in [0.29, 0.717) is 23.4 Å². The van der Waals surface area contributed by atoms with Gasteiger partial charge in [0.15, 0.2) is 0 Å². The van der Waals surface area contributed by atoms with Gasteiger partial charge in [-0.25, -0.2) is 0 Å². The fraction of sp³-hybridized carbons (Fsp3) is 0.280. The van der Waals surface area contributed by atoms with Crippen molar-refractivity contribution < 1.29 is 19.2 Å². The normalized spacial score (nSPS) is 17.9. The summed E-state index contributed by atoms with van der Waals surface area (Å²) in [6, 6.07) is 10.6. The predicted molar refractivity (Wildman–Crippen MR) is 123 cm³/mol. The monoisotopic (exact) mass is 444 g/mol. The van der Waals surface area contributed by atoms with Gasteiger partial charge in [0.25, 0.3) is 11.8 Å². The molecule has 8 nitrogen and oxygen atoms in total. The summed E-state index contributed by atoms with van der Waals surface area (Å²) in [4.78, 5) is 54.2. The summed E-state index contributed by atoms with van der Waals surface area (Å²) in [5.41, 5.74) is 5.33. The Morgan fingerprint density at radius 1 is 1.15 bits per heavy atom. The van der Waals surface area contributed by atoms with Crippen LogP contribution in [-0.4, -0.2) is 39.6 Å². The van der Waals surface area contributed by atoms with Crippen LogP contribution in [0.3, 0.4) is 0 Å². The Hall–Kier alpha value is -3.94. The Morgan fingerprint density at radius 3 is 2.73 bits per heavy atom. The van der Waals surface area contributed by atoms with Gasteiger partial charge in [0, 0.05) is 35.1 Å². The molecule has 4 amide bonds. The maximum atomic E-state index is 13.0. The molecule has 3 N–H and O–H groups in total. The molecule has 1 saturated heterocycles.